The van der Waals surface area contributed by atoms with E-state index in [0.29, 0.717) is 0 Å². The Balaban J connectivity index is 1.89. The fraction of sp³-hybridized carbons (Fsp3) is 0.857. The zero-order chi connectivity index (χ0) is 7.14. The van der Waals surface area contributed by atoms with Gasteiger partial charge in [-0.15, -0.1) is 0 Å². The fourth-order valence-electron chi connectivity index (χ4n) is 2.12. The highest BCUT2D eigenvalue weighted by Crippen LogP contribution is 2.50. The quantitative estimate of drug-likeness (QED) is 0.514. The highest BCUT2D eigenvalue weighted by atomic mass is 16.1. The summed E-state index contributed by atoms with van der Waals surface area (Å²) in [4.78, 5) is 12.1. The predicted molar refractivity (Wildman–Crippen MR) is 37.2 cm³/mol. The first-order valence-corrected chi connectivity index (χ1v) is 3.76. The Morgan fingerprint density at radius 2 is 2.10 bits per heavy atom. The van der Waals surface area contributed by atoms with Crippen LogP contribution in [0.4, 0.5) is 0 Å². The fourth-order valence-corrected chi connectivity index (χ4v) is 2.12. The molecule has 1 saturated carbocycles. The molecule has 56 valence electrons. The van der Waals surface area contributed by atoms with Crippen molar-refractivity contribution in [1.82, 2.24) is 4.90 Å². The molecule has 0 aromatic carbocycles. The van der Waals surface area contributed by atoms with Gasteiger partial charge in [0.2, 0.25) is 6.41 Å². The first-order valence-electron chi connectivity index (χ1n) is 3.76. The van der Waals surface area contributed by atoms with Crippen LogP contribution >= 0.6 is 0 Å². The molecule has 1 amide bonds. The second kappa shape index (κ2) is 1.95. The lowest BCUT2D eigenvalue weighted by Gasteiger charge is -2.11. The highest BCUT2D eigenvalue weighted by Gasteiger charge is 2.54. The van der Waals surface area contributed by atoms with Gasteiger partial charge >= 0.3 is 0 Å². The maximum atomic E-state index is 10.3. The number of carbonyl (C=O) groups excluding carboxylic acids is 1. The SMILES string of the molecule is NCC1C2CN(C=O)CC12. The van der Waals surface area contributed by atoms with Crippen molar-refractivity contribution in [2.24, 2.45) is 23.5 Å². The number of nitrogens with two attached hydrogens (primary N) is 1. The number of nitrogens with zero attached hydrogens (tertiary/aromatic N) is 1. The van der Waals surface area contributed by atoms with E-state index in [2.05, 4.69) is 0 Å². The summed E-state index contributed by atoms with van der Waals surface area (Å²) in [6, 6.07) is 0. The zero-order valence-corrected chi connectivity index (χ0v) is 5.86. The predicted octanol–water partition coefficient (Wildman–Crippen LogP) is -0.721. The Bertz CT molecular complexity index is 148. The number of carbonyl (C=O) groups is 1. The number of piperidine rings is 1. The Labute approximate surface area is 60.2 Å². The molecule has 0 aromatic rings. The number of rotatable bonds is 2. The Morgan fingerprint density at radius 1 is 1.50 bits per heavy atom. The van der Waals surface area contributed by atoms with E-state index < -0.39 is 0 Å². The molecule has 2 aliphatic rings. The molecule has 0 aromatic heterocycles. The molecule has 1 heterocycles. The van der Waals surface area contributed by atoms with Gasteiger partial charge in [0, 0.05) is 13.1 Å². The van der Waals surface area contributed by atoms with E-state index in [9.17, 15) is 4.79 Å². The largest absolute Gasteiger partial charge is 0.345 e. The zero-order valence-electron chi connectivity index (χ0n) is 5.86. The van der Waals surface area contributed by atoms with Crippen LogP contribution in [0.15, 0.2) is 0 Å². The van der Waals surface area contributed by atoms with Gasteiger partial charge in [0.1, 0.15) is 0 Å². The van der Waals surface area contributed by atoms with Crippen molar-refractivity contribution < 1.29 is 4.79 Å². The third-order valence-electron chi connectivity index (χ3n) is 2.82. The number of fused-ring (bicyclic) bond motifs is 1. The molecule has 0 bridgehead atoms. The molecule has 3 heteroatoms. The van der Waals surface area contributed by atoms with Crippen LogP contribution < -0.4 is 5.73 Å². The normalized spacial score (nSPS) is 43.3. The smallest absolute Gasteiger partial charge is 0.209 e. The lowest BCUT2D eigenvalue weighted by molar-refractivity contribution is -0.117. The maximum absolute atomic E-state index is 10.3. The summed E-state index contributed by atoms with van der Waals surface area (Å²) in [6.07, 6.45) is 0.944. The molecule has 2 atom stereocenters. The molecule has 2 N–H and O–H groups in total. The van der Waals surface area contributed by atoms with Crippen LogP contribution in [-0.4, -0.2) is 30.9 Å². The van der Waals surface area contributed by atoms with Crippen molar-refractivity contribution in [1.29, 1.82) is 0 Å². The van der Waals surface area contributed by atoms with E-state index in [1.54, 1.807) is 0 Å². The first kappa shape index (κ1) is 6.16. The van der Waals surface area contributed by atoms with Gasteiger partial charge in [0.05, 0.1) is 0 Å². The standard InChI is InChI=1S/C7H12N2O/c8-1-5-6-2-9(4-10)3-7(5)6/h4-7H,1-3,8H2. The molecule has 2 fully saturated rings. The molecule has 1 aliphatic heterocycles. The maximum Gasteiger partial charge on any atom is 0.209 e. The van der Waals surface area contributed by atoms with Gasteiger partial charge in [0.15, 0.2) is 0 Å². The van der Waals surface area contributed by atoms with E-state index >= 15 is 0 Å². The van der Waals surface area contributed by atoms with Crippen molar-refractivity contribution in [2.75, 3.05) is 19.6 Å². The minimum Gasteiger partial charge on any atom is -0.345 e. The summed E-state index contributed by atoms with van der Waals surface area (Å²) in [5.41, 5.74) is 5.50. The minimum atomic E-state index is 0.733. The molecule has 1 saturated heterocycles. The molecule has 0 spiro atoms. The van der Waals surface area contributed by atoms with Gasteiger partial charge in [-0.1, -0.05) is 0 Å². The number of hydrogen-bond donors (Lipinski definition) is 1. The van der Waals surface area contributed by atoms with E-state index in [-0.39, 0.29) is 0 Å². The Kier molecular flexibility index (Phi) is 1.20. The summed E-state index contributed by atoms with van der Waals surface area (Å²) < 4.78 is 0. The van der Waals surface area contributed by atoms with Gasteiger partial charge < -0.3 is 10.6 Å². The van der Waals surface area contributed by atoms with E-state index in [1.807, 2.05) is 4.90 Å². The van der Waals surface area contributed by atoms with Crippen molar-refractivity contribution in [3.63, 3.8) is 0 Å². The summed E-state index contributed by atoms with van der Waals surface area (Å²) in [5.74, 6) is 2.22. The van der Waals surface area contributed by atoms with Crippen molar-refractivity contribution in [3.8, 4) is 0 Å². The third-order valence-corrected chi connectivity index (χ3v) is 2.82. The monoisotopic (exact) mass is 140 g/mol. The van der Waals surface area contributed by atoms with Crippen molar-refractivity contribution in [2.45, 2.75) is 0 Å². The van der Waals surface area contributed by atoms with E-state index in [4.69, 9.17) is 5.73 Å². The van der Waals surface area contributed by atoms with Gasteiger partial charge in [-0.05, 0) is 24.3 Å². The van der Waals surface area contributed by atoms with Crippen molar-refractivity contribution >= 4 is 6.41 Å². The van der Waals surface area contributed by atoms with Crippen LogP contribution in [0.5, 0.6) is 0 Å². The third kappa shape index (κ3) is 0.669. The lowest BCUT2D eigenvalue weighted by atomic mass is 10.3. The minimum absolute atomic E-state index is 0.733. The van der Waals surface area contributed by atoms with Gasteiger partial charge in [-0.25, -0.2) is 0 Å². The van der Waals surface area contributed by atoms with Crippen LogP contribution in [0.2, 0.25) is 0 Å². The van der Waals surface area contributed by atoms with Gasteiger partial charge in [0.25, 0.3) is 0 Å². The summed E-state index contributed by atoms with van der Waals surface area (Å²) >= 11 is 0. The molecule has 1 aliphatic carbocycles. The van der Waals surface area contributed by atoms with Crippen LogP contribution in [0, 0.1) is 17.8 Å². The van der Waals surface area contributed by atoms with Gasteiger partial charge in [-0.2, -0.15) is 0 Å². The number of hydrogen-bond acceptors (Lipinski definition) is 2. The van der Waals surface area contributed by atoms with Crippen LogP contribution in [0.3, 0.4) is 0 Å². The number of amides is 1. The summed E-state index contributed by atoms with van der Waals surface area (Å²) in [7, 11) is 0. The molecular formula is C7H12N2O. The van der Waals surface area contributed by atoms with Crippen LogP contribution in [-0.2, 0) is 4.79 Å². The summed E-state index contributed by atoms with van der Waals surface area (Å²) in [5, 5.41) is 0. The summed E-state index contributed by atoms with van der Waals surface area (Å²) in [6.45, 7) is 2.72. The average Bonchev–Trinajstić information content (AvgIpc) is 2.43. The topological polar surface area (TPSA) is 46.3 Å². The second-order valence-electron chi connectivity index (χ2n) is 3.29. The highest BCUT2D eigenvalue weighted by molar-refractivity contribution is 5.48. The molecule has 3 nitrogen and oxygen atoms in total. The van der Waals surface area contributed by atoms with Crippen LogP contribution in [0.1, 0.15) is 0 Å². The molecule has 2 rings (SSSR count). The second-order valence-corrected chi connectivity index (χ2v) is 3.29. The molecule has 0 radical (unpaired) electrons. The molecule has 10 heavy (non-hydrogen) atoms. The first-order chi connectivity index (χ1) is 4.86. The van der Waals surface area contributed by atoms with Crippen LogP contribution in [0.25, 0.3) is 0 Å². The number of likely N-dealkylation sites (tertiary alicyclic amines) is 1. The van der Waals surface area contributed by atoms with Crippen molar-refractivity contribution in [3.05, 3.63) is 0 Å². The van der Waals surface area contributed by atoms with E-state index in [1.165, 1.54) is 0 Å². The van der Waals surface area contributed by atoms with Gasteiger partial charge in [-0.3, -0.25) is 4.79 Å². The Hall–Kier alpha value is -0.570. The average molecular weight is 140 g/mol. The lowest BCUT2D eigenvalue weighted by Crippen LogP contribution is -2.24. The Morgan fingerprint density at radius 3 is 2.50 bits per heavy atom. The van der Waals surface area contributed by atoms with E-state index in [0.717, 1.165) is 43.8 Å². The molecular weight excluding hydrogens is 128 g/mol. The molecule has 2 unspecified atom stereocenters.